The number of ether oxygens (including phenoxy) is 1. The standard InChI is InChI=1S/C18H29N3O4S/c1-13(2)25-16-9-7-15(8-10-16)21-26(23,24)12-18(22)20-17-6-4-3-5-14(17)11-19/h7-10,13-14,17,21H,3-6,11-12,19H2,1-2H3,(H,20,22). The van der Waals surface area contributed by atoms with Gasteiger partial charge in [0.2, 0.25) is 15.9 Å². The second-order valence-corrected chi connectivity index (χ2v) is 8.73. The van der Waals surface area contributed by atoms with Crippen molar-refractivity contribution in [2.45, 2.75) is 51.7 Å². The number of sulfonamides is 1. The molecular formula is C18H29N3O4S. The maximum absolute atomic E-state index is 12.2. The predicted molar refractivity (Wildman–Crippen MR) is 103 cm³/mol. The Hall–Kier alpha value is -1.80. The summed E-state index contributed by atoms with van der Waals surface area (Å²) in [5.74, 6) is -0.226. The summed E-state index contributed by atoms with van der Waals surface area (Å²) < 4.78 is 32.4. The highest BCUT2D eigenvalue weighted by Crippen LogP contribution is 2.23. The number of nitrogens with two attached hydrogens (primary N) is 1. The van der Waals surface area contributed by atoms with Gasteiger partial charge >= 0.3 is 0 Å². The van der Waals surface area contributed by atoms with Gasteiger partial charge in [-0.2, -0.15) is 0 Å². The van der Waals surface area contributed by atoms with Crippen LogP contribution in [0.3, 0.4) is 0 Å². The average molecular weight is 384 g/mol. The molecular weight excluding hydrogens is 354 g/mol. The zero-order valence-electron chi connectivity index (χ0n) is 15.4. The number of hydrogen-bond acceptors (Lipinski definition) is 5. The van der Waals surface area contributed by atoms with E-state index < -0.39 is 21.7 Å². The first kappa shape index (κ1) is 20.5. The molecule has 1 aliphatic carbocycles. The molecule has 1 aromatic carbocycles. The van der Waals surface area contributed by atoms with Gasteiger partial charge in [0.25, 0.3) is 0 Å². The van der Waals surface area contributed by atoms with Gasteiger partial charge in [-0.3, -0.25) is 9.52 Å². The number of amides is 1. The Labute approximate surface area is 155 Å². The van der Waals surface area contributed by atoms with Crippen molar-refractivity contribution in [3.63, 3.8) is 0 Å². The van der Waals surface area contributed by atoms with Crippen molar-refractivity contribution in [3.05, 3.63) is 24.3 Å². The fourth-order valence-corrected chi connectivity index (χ4v) is 4.19. The molecule has 2 unspecified atom stereocenters. The van der Waals surface area contributed by atoms with E-state index in [4.69, 9.17) is 10.5 Å². The largest absolute Gasteiger partial charge is 0.491 e. The zero-order valence-corrected chi connectivity index (χ0v) is 16.2. The van der Waals surface area contributed by atoms with Crippen molar-refractivity contribution in [3.8, 4) is 5.75 Å². The Morgan fingerprint density at radius 2 is 1.88 bits per heavy atom. The van der Waals surface area contributed by atoms with Crippen LogP contribution in [0.5, 0.6) is 5.75 Å². The summed E-state index contributed by atoms with van der Waals surface area (Å²) in [7, 11) is -3.78. The minimum Gasteiger partial charge on any atom is -0.491 e. The van der Waals surface area contributed by atoms with Crippen LogP contribution in [0, 0.1) is 5.92 Å². The molecule has 0 spiro atoms. The van der Waals surface area contributed by atoms with Crippen molar-refractivity contribution < 1.29 is 17.9 Å². The van der Waals surface area contributed by atoms with Gasteiger partial charge in [0.1, 0.15) is 11.5 Å². The van der Waals surface area contributed by atoms with E-state index in [0.717, 1.165) is 25.7 Å². The summed E-state index contributed by atoms with van der Waals surface area (Å²) in [4.78, 5) is 12.2. The number of carbonyl (C=O) groups is 1. The van der Waals surface area contributed by atoms with E-state index in [1.54, 1.807) is 24.3 Å². The minimum absolute atomic E-state index is 0.0380. The Bertz CT molecular complexity index is 689. The van der Waals surface area contributed by atoms with Gasteiger partial charge in [0.05, 0.1) is 6.10 Å². The van der Waals surface area contributed by atoms with E-state index in [1.807, 2.05) is 13.8 Å². The molecule has 2 atom stereocenters. The van der Waals surface area contributed by atoms with E-state index in [0.29, 0.717) is 18.0 Å². The normalized spacial score (nSPS) is 20.6. The quantitative estimate of drug-likeness (QED) is 0.634. The third-order valence-electron chi connectivity index (χ3n) is 4.38. The lowest BCUT2D eigenvalue weighted by molar-refractivity contribution is -0.119. The predicted octanol–water partition coefficient (Wildman–Crippen LogP) is 1.85. The van der Waals surface area contributed by atoms with E-state index >= 15 is 0 Å². The second-order valence-electron chi connectivity index (χ2n) is 7.01. The molecule has 0 saturated heterocycles. The minimum atomic E-state index is -3.78. The van der Waals surface area contributed by atoms with Gasteiger partial charge in [-0.1, -0.05) is 12.8 Å². The molecule has 1 fully saturated rings. The molecule has 1 aromatic rings. The van der Waals surface area contributed by atoms with Crippen molar-refractivity contribution in [1.29, 1.82) is 0 Å². The smallest absolute Gasteiger partial charge is 0.241 e. The van der Waals surface area contributed by atoms with Crippen molar-refractivity contribution in [2.75, 3.05) is 17.0 Å². The molecule has 26 heavy (non-hydrogen) atoms. The van der Waals surface area contributed by atoms with E-state index in [-0.39, 0.29) is 18.1 Å². The summed E-state index contributed by atoms with van der Waals surface area (Å²) >= 11 is 0. The van der Waals surface area contributed by atoms with Gasteiger partial charge in [-0.15, -0.1) is 0 Å². The van der Waals surface area contributed by atoms with Gasteiger partial charge in [0, 0.05) is 11.7 Å². The first-order chi connectivity index (χ1) is 12.3. The highest BCUT2D eigenvalue weighted by molar-refractivity contribution is 7.93. The molecule has 1 aliphatic rings. The Morgan fingerprint density at radius 3 is 2.50 bits per heavy atom. The van der Waals surface area contributed by atoms with E-state index in [9.17, 15) is 13.2 Å². The monoisotopic (exact) mass is 383 g/mol. The summed E-state index contributed by atoms with van der Waals surface area (Å²) in [5, 5.41) is 2.83. The first-order valence-corrected chi connectivity index (χ1v) is 10.7. The van der Waals surface area contributed by atoms with Gasteiger partial charge in [-0.05, 0) is 63.4 Å². The molecule has 1 amide bonds. The summed E-state index contributed by atoms with van der Waals surface area (Å²) in [6.45, 7) is 4.33. The number of carbonyl (C=O) groups excluding carboxylic acids is 1. The molecule has 2 rings (SSSR count). The molecule has 0 heterocycles. The van der Waals surface area contributed by atoms with Crippen LogP contribution in [0.15, 0.2) is 24.3 Å². The van der Waals surface area contributed by atoms with Crippen LogP contribution in [0.2, 0.25) is 0 Å². The molecule has 0 bridgehead atoms. The van der Waals surface area contributed by atoms with Crippen molar-refractivity contribution in [1.82, 2.24) is 5.32 Å². The first-order valence-electron chi connectivity index (χ1n) is 9.05. The number of benzene rings is 1. The Morgan fingerprint density at radius 1 is 1.23 bits per heavy atom. The van der Waals surface area contributed by atoms with Crippen molar-refractivity contribution in [2.24, 2.45) is 11.7 Å². The number of nitrogens with one attached hydrogen (secondary N) is 2. The second kappa shape index (κ2) is 9.23. The average Bonchev–Trinajstić information content (AvgIpc) is 2.55. The third-order valence-corrected chi connectivity index (χ3v) is 5.57. The lowest BCUT2D eigenvalue weighted by Crippen LogP contribution is -2.46. The van der Waals surface area contributed by atoms with Crippen LogP contribution in [-0.4, -0.2) is 38.8 Å². The topological polar surface area (TPSA) is 111 Å². The summed E-state index contributed by atoms with van der Waals surface area (Å²) in [6, 6.07) is 6.55. The van der Waals surface area contributed by atoms with Gasteiger partial charge in [-0.25, -0.2) is 8.42 Å². The molecule has 4 N–H and O–H groups in total. The maximum Gasteiger partial charge on any atom is 0.241 e. The van der Waals surface area contributed by atoms with E-state index in [2.05, 4.69) is 10.0 Å². The lowest BCUT2D eigenvalue weighted by atomic mass is 9.84. The maximum atomic E-state index is 12.2. The van der Waals surface area contributed by atoms with Crippen LogP contribution >= 0.6 is 0 Å². The fraction of sp³-hybridized carbons (Fsp3) is 0.611. The van der Waals surface area contributed by atoms with Crippen LogP contribution in [-0.2, 0) is 14.8 Å². The van der Waals surface area contributed by atoms with Crippen molar-refractivity contribution >= 4 is 21.6 Å². The van der Waals surface area contributed by atoms with Gasteiger partial charge in [0.15, 0.2) is 0 Å². The number of hydrogen-bond donors (Lipinski definition) is 3. The highest BCUT2D eigenvalue weighted by Gasteiger charge is 2.27. The molecule has 8 heteroatoms. The molecule has 146 valence electrons. The van der Waals surface area contributed by atoms with Crippen LogP contribution in [0.25, 0.3) is 0 Å². The zero-order chi connectivity index (χ0) is 19.2. The third kappa shape index (κ3) is 6.49. The molecule has 0 radical (unpaired) electrons. The van der Waals surface area contributed by atoms with E-state index in [1.165, 1.54) is 0 Å². The fourth-order valence-electron chi connectivity index (χ4n) is 3.19. The number of anilines is 1. The summed E-state index contributed by atoms with van der Waals surface area (Å²) in [5.41, 5.74) is 6.14. The van der Waals surface area contributed by atoms with Crippen LogP contribution < -0.4 is 20.5 Å². The SMILES string of the molecule is CC(C)Oc1ccc(NS(=O)(=O)CC(=O)NC2CCCCC2CN)cc1. The summed E-state index contributed by atoms with van der Waals surface area (Å²) in [6.07, 6.45) is 3.98. The molecule has 0 aliphatic heterocycles. The van der Waals surface area contributed by atoms with Gasteiger partial charge < -0.3 is 15.8 Å². The Kier molecular flexibility index (Phi) is 7.28. The molecule has 1 saturated carbocycles. The lowest BCUT2D eigenvalue weighted by Gasteiger charge is -2.31. The molecule has 7 nitrogen and oxygen atoms in total. The molecule has 0 aromatic heterocycles. The van der Waals surface area contributed by atoms with Crippen LogP contribution in [0.4, 0.5) is 5.69 Å². The Balaban J connectivity index is 1.90. The number of rotatable bonds is 8. The van der Waals surface area contributed by atoms with Crippen LogP contribution in [0.1, 0.15) is 39.5 Å². The highest BCUT2D eigenvalue weighted by atomic mass is 32.2.